The number of thiophene rings is 1. The third-order valence-electron chi connectivity index (χ3n) is 5.08. The first-order chi connectivity index (χ1) is 13.3. The van der Waals surface area contributed by atoms with E-state index in [1.54, 1.807) is 11.3 Å². The lowest BCUT2D eigenvalue weighted by atomic mass is 10.0. The number of para-hydroxylation sites is 1. The van der Waals surface area contributed by atoms with Gasteiger partial charge < -0.3 is 4.98 Å². The molecule has 27 heavy (non-hydrogen) atoms. The monoisotopic (exact) mass is 384 g/mol. The van der Waals surface area contributed by atoms with Crippen molar-refractivity contribution < 1.29 is 0 Å². The maximum Gasteiger partial charge on any atom is 0.102 e. The number of benzene rings is 3. The summed E-state index contributed by atoms with van der Waals surface area (Å²) in [7, 11) is 0. The Balaban J connectivity index is 1.89. The summed E-state index contributed by atoms with van der Waals surface area (Å²) in [6, 6.07) is 24.9. The Hall–Kier alpha value is -2.88. The lowest BCUT2D eigenvalue weighted by Crippen LogP contribution is -1.87. The maximum absolute atomic E-state index is 6.29. The van der Waals surface area contributed by atoms with Gasteiger partial charge in [0.1, 0.15) is 4.83 Å². The molecular formula is C23H13ClN2S. The van der Waals surface area contributed by atoms with Gasteiger partial charge in [-0.1, -0.05) is 66.2 Å². The highest BCUT2D eigenvalue weighted by molar-refractivity contribution is 7.26. The molecular weight excluding hydrogens is 372 g/mol. The summed E-state index contributed by atoms with van der Waals surface area (Å²) in [5, 5.41) is 5.63. The van der Waals surface area contributed by atoms with E-state index in [4.69, 9.17) is 16.6 Å². The van der Waals surface area contributed by atoms with Crippen molar-refractivity contribution in [1.29, 1.82) is 0 Å². The zero-order chi connectivity index (χ0) is 18.0. The number of aromatic amines is 1. The van der Waals surface area contributed by atoms with Gasteiger partial charge in [0.05, 0.1) is 15.9 Å². The number of H-pyrrole nitrogens is 1. The van der Waals surface area contributed by atoms with Gasteiger partial charge in [-0.3, -0.25) is 0 Å². The van der Waals surface area contributed by atoms with Crippen molar-refractivity contribution in [1.82, 2.24) is 9.97 Å². The minimum atomic E-state index is 0.707. The molecule has 0 saturated heterocycles. The molecule has 0 spiro atoms. The summed E-state index contributed by atoms with van der Waals surface area (Å²) in [5.41, 5.74) is 4.23. The molecule has 3 aromatic heterocycles. The molecule has 0 atom stereocenters. The van der Waals surface area contributed by atoms with Crippen molar-refractivity contribution in [2.24, 2.45) is 0 Å². The first kappa shape index (κ1) is 15.2. The molecule has 6 rings (SSSR count). The number of nitrogens with one attached hydrogen (secondary N) is 1. The average Bonchev–Trinajstić information content (AvgIpc) is 3.24. The predicted octanol–water partition coefficient (Wildman–Crippen LogP) is 7.40. The second kappa shape index (κ2) is 5.56. The van der Waals surface area contributed by atoms with E-state index in [0.717, 1.165) is 22.2 Å². The van der Waals surface area contributed by atoms with Crippen LogP contribution in [-0.2, 0) is 0 Å². The fourth-order valence-electron chi connectivity index (χ4n) is 3.90. The molecule has 0 saturated carbocycles. The summed E-state index contributed by atoms with van der Waals surface area (Å²) in [6.45, 7) is 0. The second-order valence-electron chi connectivity index (χ2n) is 6.67. The molecule has 2 nitrogen and oxygen atoms in total. The van der Waals surface area contributed by atoms with Crippen LogP contribution in [0.4, 0.5) is 0 Å². The SMILES string of the molecule is Clc1ccc2c(c1)nc(-c1ccccc1)c1sc3[nH]c4ccccc4c3c12. The number of hydrogen-bond acceptors (Lipinski definition) is 2. The molecule has 0 bridgehead atoms. The minimum Gasteiger partial charge on any atom is -0.346 e. The fourth-order valence-corrected chi connectivity index (χ4v) is 5.32. The Kier molecular flexibility index (Phi) is 3.13. The number of aromatic nitrogens is 2. The van der Waals surface area contributed by atoms with Crippen LogP contribution in [0.25, 0.3) is 53.4 Å². The Labute approximate surface area is 164 Å². The van der Waals surface area contributed by atoms with Crippen LogP contribution in [0, 0.1) is 0 Å². The maximum atomic E-state index is 6.29. The van der Waals surface area contributed by atoms with Crippen molar-refractivity contribution in [3.8, 4) is 11.3 Å². The number of rotatable bonds is 1. The molecule has 0 aliphatic carbocycles. The van der Waals surface area contributed by atoms with E-state index in [1.807, 2.05) is 18.2 Å². The van der Waals surface area contributed by atoms with Crippen LogP contribution >= 0.6 is 22.9 Å². The molecule has 0 radical (unpaired) electrons. The normalized spacial score (nSPS) is 11.9. The average molecular weight is 385 g/mol. The molecule has 3 aromatic carbocycles. The molecule has 3 heterocycles. The quantitative estimate of drug-likeness (QED) is 0.314. The van der Waals surface area contributed by atoms with Gasteiger partial charge in [0.15, 0.2) is 0 Å². The first-order valence-electron chi connectivity index (χ1n) is 8.77. The number of fused-ring (bicyclic) bond motifs is 7. The lowest BCUT2D eigenvalue weighted by molar-refractivity contribution is 1.44. The summed E-state index contributed by atoms with van der Waals surface area (Å²) < 4.78 is 1.21. The van der Waals surface area contributed by atoms with Gasteiger partial charge in [0, 0.05) is 37.6 Å². The molecule has 6 aromatic rings. The van der Waals surface area contributed by atoms with Crippen LogP contribution in [0.2, 0.25) is 5.02 Å². The van der Waals surface area contributed by atoms with Crippen molar-refractivity contribution in [3.63, 3.8) is 0 Å². The Morgan fingerprint density at radius 2 is 1.63 bits per heavy atom. The van der Waals surface area contributed by atoms with E-state index < -0.39 is 0 Å². The molecule has 0 amide bonds. The summed E-state index contributed by atoms with van der Waals surface area (Å²) in [6.07, 6.45) is 0. The van der Waals surface area contributed by atoms with Crippen molar-refractivity contribution >= 4 is 65.0 Å². The van der Waals surface area contributed by atoms with Crippen LogP contribution in [0.3, 0.4) is 0 Å². The number of halogens is 1. The smallest absolute Gasteiger partial charge is 0.102 e. The summed E-state index contributed by atoms with van der Waals surface area (Å²) in [4.78, 5) is 9.78. The summed E-state index contributed by atoms with van der Waals surface area (Å²) in [5.74, 6) is 0. The Morgan fingerprint density at radius 3 is 2.52 bits per heavy atom. The molecule has 4 heteroatoms. The molecule has 1 N–H and O–H groups in total. The molecule has 0 aliphatic heterocycles. The standard InChI is InChI=1S/C23H13ClN2S/c24-14-10-11-16-18(12-14)25-21(13-6-2-1-3-7-13)22-19(16)20-15-8-4-5-9-17(15)26-23(20)27-22/h1-12,26H. The van der Waals surface area contributed by atoms with Crippen molar-refractivity contribution in [2.45, 2.75) is 0 Å². The minimum absolute atomic E-state index is 0.707. The van der Waals surface area contributed by atoms with Crippen LogP contribution in [0.5, 0.6) is 0 Å². The third-order valence-corrected chi connectivity index (χ3v) is 6.42. The zero-order valence-electron chi connectivity index (χ0n) is 14.2. The largest absolute Gasteiger partial charge is 0.346 e. The van der Waals surface area contributed by atoms with E-state index in [0.29, 0.717) is 5.02 Å². The molecule has 0 aliphatic rings. The number of hydrogen-bond donors (Lipinski definition) is 1. The van der Waals surface area contributed by atoms with Gasteiger partial charge in [-0.25, -0.2) is 4.98 Å². The fraction of sp³-hybridized carbons (Fsp3) is 0. The second-order valence-corrected chi connectivity index (χ2v) is 8.13. The highest BCUT2D eigenvalue weighted by atomic mass is 35.5. The van der Waals surface area contributed by atoms with Gasteiger partial charge in [-0.2, -0.15) is 0 Å². The van der Waals surface area contributed by atoms with E-state index in [2.05, 4.69) is 59.6 Å². The van der Waals surface area contributed by atoms with Crippen molar-refractivity contribution in [2.75, 3.05) is 0 Å². The van der Waals surface area contributed by atoms with Crippen LogP contribution < -0.4 is 0 Å². The predicted molar refractivity (Wildman–Crippen MR) is 117 cm³/mol. The van der Waals surface area contributed by atoms with Gasteiger partial charge >= 0.3 is 0 Å². The first-order valence-corrected chi connectivity index (χ1v) is 9.96. The van der Waals surface area contributed by atoms with Gasteiger partial charge in [0.2, 0.25) is 0 Å². The van der Waals surface area contributed by atoms with Crippen LogP contribution in [0.1, 0.15) is 0 Å². The van der Waals surface area contributed by atoms with Crippen LogP contribution in [-0.4, -0.2) is 9.97 Å². The summed E-state index contributed by atoms with van der Waals surface area (Å²) >= 11 is 8.07. The lowest BCUT2D eigenvalue weighted by Gasteiger charge is -2.07. The molecule has 128 valence electrons. The number of nitrogens with zero attached hydrogens (tertiary/aromatic N) is 1. The molecule has 0 unspecified atom stereocenters. The number of pyridine rings is 1. The topological polar surface area (TPSA) is 28.7 Å². The third kappa shape index (κ3) is 2.16. The molecule has 0 fully saturated rings. The zero-order valence-corrected chi connectivity index (χ0v) is 15.7. The van der Waals surface area contributed by atoms with E-state index >= 15 is 0 Å². The van der Waals surface area contributed by atoms with E-state index in [9.17, 15) is 0 Å². The van der Waals surface area contributed by atoms with E-state index in [-0.39, 0.29) is 0 Å². The van der Waals surface area contributed by atoms with E-state index in [1.165, 1.54) is 31.2 Å². The van der Waals surface area contributed by atoms with Gasteiger partial charge in [-0.15, -0.1) is 11.3 Å². The van der Waals surface area contributed by atoms with Gasteiger partial charge in [-0.05, 0) is 18.2 Å². The Bertz CT molecular complexity index is 1480. The van der Waals surface area contributed by atoms with Crippen LogP contribution in [0.15, 0.2) is 72.8 Å². The van der Waals surface area contributed by atoms with Crippen molar-refractivity contribution in [3.05, 3.63) is 77.8 Å². The Morgan fingerprint density at radius 1 is 0.815 bits per heavy atom. The van der Waals surface area contributed by atoms with Gasteiger partial charge in [0.25, 0.3) is 0 Å². The highest BCUT2D eigenvalue weighted by Crippen LogP contribution is 2.45. The highest BCUT2D eigenvalue weighted by Gasteiger charge is 2.19.